The molecule has 0 amide bonds. The molecule has 34 heteroatoms. The first-order valence-corrected chi connectivity index (χ1v) is 36.6. The summed E-state index contributed by atoms with van der Waals surface area (Å²) in [6.45, 7) is 7.68. The van der Waals surface area contributed by atoms with Gasteiger partial charge in [0.2, 0.25) is 29.7 Å². The molecule has 0 saturated carbocycles. The topological polar surface area (TPSA) is 343 Å². The minimum atomic E-state index is -4.37. The molecule has 6 aromatic heterocycles. The van der Waals surface area contributed by atoms with Crippen molar-refractivity contribution in [2.45, 2.75) is 70.6 Å². The van der Waals surface area contributed by atoms with E-state index in [9.17, 15) is 34.8 Å². The van der Waals surface area contributed by atoms with Gasteiger partial charge in [-0.15, -0.1) is 0 Å². The van der Waals surface area contributed by atoms with Crippen molar-refractivity contribution in [3.8, 4) is 56.3 Å². The fourth-order valence-electron chi connectivity index (χ4n) is 10.9. The van der Waals surface area contributed by atoms with E-state index in [2.05, 4.69) is 86.6 Å². The molecule has 12 aromatic rings. The van der Waals surface area contributed by atoms with Crippen molar-refractivity contribution in [3.63, 3.8) is 0 Å². The molecule has 7 heterocycles. The second kappa shape index (κ2) is 36.7. The number of anilines is 8. The Labute approximate surface area is 649 Å². The maximum Gasteiger partial charge on any atom is 0.405 e. The lowest BCUT2D eigenvalue weighted by Gasteiger charge is -2.21. The third kappa shape index (κ3) is 24.8. The van der Waals surface area contributed by atoms with Crippen molar-refractivity contribution in [2.75, 3.05) is 78.0 Å². The van der Waals surface area contributed by atoms with E-state index in [-0.39, 0.29) is 50.5 Å². The Balaban J connectivity index is 0.000000158. The van der Waals surface area contributed by atoms with Gasteiger partial charge in [0.25, 0.3) is 10.0 Å². The third-order valence-corrected chi connectivity index (χ3v) is 18.9. The van der Waals surface area contributed by atoms with Crippen LogP contribution in [0.2, 0.25) is 25.1 Å². The van der Waals surface area contributed by atoms with E-state index in [1.807, 2.05) is 79.7 Å². The highest BCUT2D eigenvalue weighted by Crippen LogP contribution is 2.37. The van der Waals surface area contributed by atoms with E-state index in [0.29, 0.717) is 77.3 Å². The molecule has 0 radical (unpaired) electrons. The predicted octanol–water partition coefficient (Wildman–Crippen LogP) is 17.9. The van der Waals surface area contributed by atoms with Crippen molar-refractivity contribution < 1.29 is 39.5 Å². The smallest absolute Gasteiger partial charge is 0.381 e. The van der Waals surface area contributed by atoms with Crippen molar-refractivity contribution in [1.82, 2.24) is 53.8 Å². The van der Waals surface area contributed by atoms with Gasteiger partial charge in [-0.05, 0) is 117 Å². The average molecular weight is 1610 g/mol. The van der Waals surface area contributed by atoms with Crippen LogP contribution in [0.5, 0.6) is 0 Å². The van der Waals surface area contributed by atoms with Crippen molar-refractivity contribution in [2.24, 2.45) is 11.3 Å². The van der Waals surface area contributed by atoms with Gasteiger partial charge in [0.05, 0.1) is 48.9 Å². The van der Waals surface area contributed by atoms with Gasteiger partial charge in [-0.3, -0.25) is 0 Å². The highest BCUT2D eigenvalue weighted by Gasteiger charge is 2.29. The maximum absolute atomic E-state index is 13.3. The Kier molecular flexibility index (Phi) is 27.8. The van der Waals surface area contributed by atoms with E-state index in [0.717, 1.165) is 83.7 Å². The van der Waals surface area contributed by atoms with Crippen LogP contribution in [0.3, 0.4) is 0 Å². The van der Waals surface area contributed by atoms with E-state index in [4.69, 9.17) is 91.4 Å². The van der Waals surface area contributed by atoms with Crippen LogP contribution in [0.15, 0.2) is 181 Å². The van der Waals surface area contributed by atoms with Gasteiger partial charge >= 0.3 is 12.4 Å². The molecule has 0 unspecified atom stereocenters. The summed E-state index contributed by atoms with van der Waals surface area (Å²) < 4.78 is 106. The number of hydrogen-bond acceptors (Lipinski definition) is 21. The summed E-state index contributed by atoms with van der Waals surface area (Å²) in [6.07, 6.45) is -3.19. The van der Waals surface area contributed by atoms with Crippen LogP contribution in [-0.4, -0.2) is 108 Å². The van der Waals surface area contributed by atoms with Crippen molar-refractivity contribution in [1.29, 1.82) is 0 Å². The molecule has 13 N–H and O–H groups in total. The van der Waals surface area contributed by atoms with Crippen molar-refractivity contribution in [3.05, 3.63) is 218 Å². The summed E-state index contributed by atoms with van der Waals surface area (Å²) in [5.41, 5.74) is 38.7. The summed E-state index contributed by atoms with van der Waals surface area (Å²) in [4.78, 5) is 41.2. The monoisotopic (exact) mass is 1610 g/mol. The van der Waals surface area contributed by atoms with Crippen LogP contribution in [0.25, 0.3) is 67.2 Å². The van der Waals surface area contributed by atoms with Gasteiger partial charge < -0.3 is 49.4 Å². The number of ether oxygens (including phenoxy) is 1. The van der Waals surface area contributed by atoms with Crippen LogP contribution in [0.1, 0.15) is 50.6 Å². The number of aromatic nitrogens is 11. The van der Waals surface area contributed by atoms with Crippen LogP contribution in [0.4, 0.5) is 73.5 Å². The van der Waals surface area contributed by atoms with E-state index < -0.39 is 35.5 Å². The van der Waals surface area contributed by atoms with Crippen LogP contribution >= 0.6 is 58.0 Å². The lowest BCUT2D eigenvalue weighted by molar-refractivity contribution is -0.116. The lowest BCUT2D eigenvalue weighted by atomic mass is 9.90. The molecular formula is C75H74Cl5F6N19O3S. The number of nitrogen functional groups attached to an aromatic ring is 5. The number of para-hydroxylation sites is 1. The molecule has 1 fully saturated rings. The maximum atomic E-state index is 13.3. The largest absolute Gasteiger partial charge is 0.405 e. The fraction of sp³-hybridized carbons (Fsp3) is 0.227. The van der Waals surface area contributed by atoms with Crippen LogP contribution in [0, 0.1) is 18.3 Å². The average Bonchev–Trinajstić information content (AvgIpc) is 1.61. The zero-order valence-electron chi connectivity index (χ0n) is 59.1. The number of alkyl halides is 6. The minimum absolute atomic E-state index is 0.00444. The molecule has 0 spiro atoms. The number of hydrogen-bond donors (Lipinski definition) is 8. The summed E-state index contributed by atoms with van der Waals surface area (Å²) in [5.74, 6) is 1.56. The van der Waals surface area contributed by atoms with E-state index >= 15 is 0 Å². The molecule has 1 aliphatic heterocycles. The summed E-state index contributed by atoms with van der Waals surface area (Å²) in [7, 11) is -2.04. The Morgan fingerprint density at radius 2 is 0.927 bits per heavy atom. The molecule has 109 heavy (non-hydrogen) atoms. The Morgan fingerprint density at radius 3 is 1.42 bits per heavy atom. The molecule has 13 rings (SSSR count). The Hall–Kier alpha value is -10.4. The number of rotatable bonds is 15. The number of fused-ring (bicyclic) bond motifs is 1. The van der Waals surface area contributed by atoms with E-state index in [1.165, 1.54) is 16.1 Å². The Morgan fingerprint density at radius 1 is 0.495 bits per heavy atom. The quantitative estimate of drug-likeness (QED) is 0.0442. The second-order valence-corrected chi connectivity index (χ2v) is 29.6. The minimum Gasteiger partial charge on any atom is -0.381 e. The van der Waals surface area contributed by atoms with E-state index in [1.54, 1.807) is 98.2 Å². The van der Waals surface area contributed by atoms with Gasteiger partial charge in [0, 0.05) is 104 Å². The first-order chi connectivity index (χ1) is 51.5. The highest BCUT2D eigenvalue weighted by atomic mass is 35.5. The van der Waals surface area contributed by atoms with Crippen LogP contribution < -0.4 is 44.6 Å². The van der Waals surface area contributed by atoms with Gasteiger partial charge in [-0.2, -0.15) is 41.3 Å². The van der Waals surface area contributed by atoms with Gasteiger partial charge in [-0.1, -0.05) is 163 Å². The molecule has 0 aliphatic carbocycles. The molecule has 1 aliphatic rings. The third-order valence-electron chi connectivity index (χ3n) is 15.7. The van der Waals surface area contributed by atoms with Gasteiger partial charge in [0.1, 0.15) is 30.5 Å². The fourth-order valence-corrected chi connectivity index (χ4v) is 13.2. The Bertz CT molecular complexity index is 5250. The molecular weight excluding hydrogens is 1540 g/mol. The number of nitrogens with two attached hydrogens (primary N) is 5. The number of nitrogens with zero attached hydrogens (tertiary/aromatic N) is 11. The first kappa shape index (κ1) is 82.7. The lowest BCUT2D eigenvalue weighted by Crippen LogP contribution is -2.22. The zero-order valence-corrected chi connectivity index (χ0v) is 63.7. The zero-order chi connectivity index (χ0) is 79.0. The summed E-state index contributed by atoms with van der Waals surface area (Å²) in [5, 5.41) is 10.4. The summed E-state index contributed by atoms with van der Waals surface area (Å²) >= 11 is 29.8. The standard InChI is InChI=1S/C20H19N5O2S.C16H18ClN3O.C15H18ClN3.C12H9Cl2F3N4.C12H10ClF3N4/c1-13-7-9-14(10-8-13)28(26,27)25-12-16(15-5-3-4-6-18(15)25)17-11-19(22-2)24-20(21)23-17;17-13-3-1-2-12(9-13)15-10-14(19-16(18)20-15)8-11-4-6-21-7-5-11;1-15(2,3)9-12-8-13(19-14(17)18-12)10-5-4-6-11(16)7-10;13-7-3-1-2-6(10(7)14)8-4-9(21-11(18)20-8)19-5-12(15,16)17;13-8-3-1-2-7(4-8)9-5-10(20-11(17)19-9)18-6-12(14,15)16/h3-12H,1-2H3,(H3,21,22,23,24);1-3,9-11H,4-8H2,(H2,18,19,20);4-8H,9H2,1-3H3,(H2,17,18,19);1-4H,5H2,(H3,18,19,20,21);1-5H,6H2,(H3,17,18,19,20). The normalized spacial score (nSPS) is 12.4. The second-order valence-electron chi connectivity index (χ2n) is 25.7. The number of nitrogens with one attached hydrogen (secondary N) is 3. The first-order valence-electron chi connectivity index (χ1n) is 33.3. The van der Waals surface area contributed by atoms with Gasteiger partial charge in [0.15, 0.2) is 0 Å². The molecule has 22 nitrogen and oxygen atoms in total. The molecule has 0 atom stereocenters. The number of halogens is 11. The molecule has 0 bridgehead atoms. The summed E-state index contributed by atoms with van der Waals surface area (Å²) in [6, 6.07) is 49.3. The highest BCUT2D eigenvalue weighted by molar-refractivity contribution is 7.90. The number of aryl methyl sites for hydroxylation is 1. The molecule has 570 valence electrons. The van der Waals surface area contributed by atoms with Crippen molar-refractivity contribution >= 4 is 126 Å². The SMILES string of the molecule is CC(C)(C)Cc1cc(-c2cccc(Cl)c2)nc(N)n1.CNc1cc(-c2cn(S(=O)(=O)c3ccc(C)cc3)c3ccccc23)nc(N)n1.Nc1nc(CC2CCOCC2)cc(-c2cccc(Cl)c2)n1.Nc1nc(NCC(F)(F)F)cc(-c2cccc(Cl)c2)n1.Nc1nc(NCC(F)(F)F)cc(-c2cccc(Cl)c2Cl)n1. The van der Waals surface area contributed by atoms with Gasteiger partial charge in [-0.25, -0.2) is 47.3 Å². The van der Waals surface area contributed by atoms with Crippen LogP contribution in [-0.2, 0) is 27.6 Å². The number of benzene rings is 6. The molecule has 6 aromatic carbocycles. The predicted molar refractivity (Wildman–Crippen MR) is 423 cm³/mol. The molecule has 1 saturated heterocycles.